The molecule has 0 saturated heterocycles. The Kier molecular flexibility index (Phi) is 8.95. The molecule has 138 valence electrons. The van der Waals surface area contributed by atoms with E-state index in [9.17, 15) is 5.11 Å². The molecule has 2 nitrogen and oxygen atoms in total. The molecule has 0 radical (unpaired) electrons. The highest BCUT2D eigenvalue weighted by Crippen LogP contribution is 2.34. The lowest BCUT2D eigenvalue weighted by molar-refractivity contribution is -0.0290. The summed E-state index contributed by atoms with van der Waals surface area (Å²) in [5, 5.41) is 12.4. The molecule has 2 unspecified atom stereocenters. The lowest BCUT2D eigenvalue weighted by atomic mass is 9.77. The summed E-state index contributed by atoms with van der Waals surface area (Å²) < 4.78 is 0. The van der Waals surface area contributed by atoms with Crippen LogP contribution in [0.5, 0.6) is 0 Å². The molecule has 0 spiro atoms. The summed E-state index contributed by atoms with van der Waals surface area (Å²) >= 11 is 6.04. The summed E-state index contributed by atoms with van der Waals surface area (Å²) in [4.78, 5) is 2.36. The summed E-state index contributed by atoms with van der Waals surface area (Å²) in [5.74, 6) is 0.0961. The zero-order chi connectivity index (χ0) is 17.6. The molecule has 2 aromatic carbocycles. The van der Waals surface area contributed by atoms with Gasteiger partial charge < -0.3 is 10.0 Å². The van der Waals surface area contributed by atoms with Crippen molar-refractivity contribution >= 4 is 24.0 Å². The average molecular weight is 382 g/mol. The number of nitrogens with zero attached hydrogens (tertiary/aromatic N) is 1. The predicted molar refractivity (Wildman–Crippen MR) is 110 cm³/mol. The van der Waals surface area contributed by atoms with Crippen molar-refractivity contribution in [1.82, 2.24) is 4.90 Å². The van der Waals surface area contributed by atoms with Crippen LogP contribution in [0.15, 0.2) is 54.6 Å². The van der Waals surface area contributed by atoms with Crippen molar-refractivity contribution in [3.05, 3.63) is 70.7 Å². The maximum absolute atomic E-state index is 11.7. The summed E-state index contributed by atoms with van der Waals surface area (Å²) in [6, 6.07) is 17.8. The molecule has 0 aliphatic carbocycles. The third-order valence-corrected chi connectivity index (χ3v) is 5.15. The Hall–Kier alpha value is -1.06. The Morgan fingerprint density at radius 2 is 1.56 bits per heavy atom. The third-order valence-electron chi connectivity index (χ3n) is 4.90. The van der Waals surface area contributed by atoms with Crippen LogP contribution in [0.2, 0.25) is 5.02 Å². The third kappa shape index (κ3) is 5.72. The summed E-state index contributed by atoms with van der Waals surface area (Å²) in [5.41, 5.74) is 1.14. The van der Waals surface area contributed by atoms with Crippen LogP contribution >= 0.6 is 24.0 Å². The van der Waals surface area contributed by atoms with Crippen LogP contribution < -0.4 is 0 Å². The van der Waals surface area contributed by atoms with E-state index in [1.165, 1.54) is 0 Å². The molecule has 0 fully saturated rings. The quantitative estimate of drug-likeness (QED) is 0.681. The van der Waals surface area contributed by atoms with Gasteiger partial charge in [-0.2, -0.15) is 0 Å². The van der Waals surface area contributed by atoms with Gasteiger partial charge in [0.15, 0.2) is 0 Å². The first-order chi connectivity index (χ1) is 11.5. The molecule has 0 bridgehead atoms. The van der Waals surface area contributed by atoms with Crippen molar-refractivity contribution in [2.24, 2.45) is 5.92 Å². The lowest BCUT2D eigenvalue weighted by Crippen LogP contribution is -2.42. The van der Waals surface area contributed by atoms with Crippen LogP contribution in [-0.4, -0.2) is 29.6 Å². The normalized spacial score (nSPS) is 14.6. The summed E-state index contributed by atoms with van der Waals surface area (Å²) in [6.45, 7) is 9.30. The molecule has 2 rings (SSSR count). The van der Waals surface area contributed by atoms with Gasteiger partial charge in [-0.15, -0.1) is 12.4 Å². The van der Waals surface area contributed by atoms with Crippen molar-refractivity contribution in [3.8, 4) is 0 Å². The minimum atomic E-state index is -0.922. The van der Waals surface area contributed by atoms with Gasteiger partial charge in [-0.25, -0.2) is 0 Å². The van der Waals surface area contributed by atoms with Gasteiger partial charge >= 0.3 is 0 Å². The van der Waals surface area contributed by atoms with Gasteiger partial charge in [-0.05, 0) is 36.3 Å². The van der Waals surface area contributed by atoms with E-state index in [1.54, 1.807) is 0 Å². The highest BCUT2D eigenvalue weighted by Gasteiger charge is 2.36. The van der Waals surface area contributed by atoms with E-state index in [0.29, 0.717) is 11.4 Å². The molecule has 4 heteroatoms. The van der Waals surface area contributed by atoms with Gasteiger partial charge in [-0.3, -0.25) is 0 Å². The number of rotatable bonds is 8. The lowest BCUT2D eigenvalue weighted by Gasteiger charge is -2.37. The topological polar surface area (TPSA) is 23.5 Å². The first-order valence-corrected chi connectivity index (χ1v) is 9.12. The van der Waals surface area contributed by atoms with Crippen LogP contribution in [0.25, 0.3) is 0 Å². The van der Waals surface area contributed by atoms with Gasteiger partial charge in [0.25, 0.3) is 0 Å². The maximum atomic E-state index is 11.7. The highest BCUT2D eigenvalue weighted by atomic mass is 35.5. The zero-order valence-corrected chi connectivity index (χ0v) is 16.9. The summed E-state index contributed by atoms with van der Waals surface area (Å²) in [7, 11) is 0. The van der Waals surface area contributed by atoms with Crippen molar-refractivity contribution in [2.45, 2.75) is 32.8 Å². The standard InChI is InChI=1S/C21H28ClNO.ClH/c1-4-23(5-2)16-17(3)21(24,15-18-9-7-6-8-10-18)19-11-13-20(22)14-12-19;/h6-14,17,24H,4-5,15-16H2,1-3H3;1H. The smallest absolute Gasteiger partial charge is 0.0974 e. The summed E-state index contributed by atoms with van der Waals surface area (Å²) in [6.07, 6.45) is 0.595. The minimum Gasteiger partial charge on any atom is -0.384 e. The number of benzene rings is 2. The minimum absolute atomic E-state index is 0. The second-order valence-corrected chi connectivity index (χ2v) is 6.92. The Morgan fingerprint density at radius 3 is 2.08 bits per heavy atom. The Labute approximate surface area is 163 Å². The zero-order valence-electron chi connectivity index (χ0n) is 15.3. The predicted octanol–water partition coefficient (Wildman–Crippen LogP) is 5.17. The largest absolute Gasteiger partial charge is 0.384 e. The fourth-order valence-corrected chi connectivity index (χ4v) is 3.35. The number of hydrogen-bond donors (Lipinski definition) is 1. The molecule has 0 aliphatic heterocycles. The molecule has 2 aromatic rings. The molecule has 25 heavy (non-hydrogen) atoms. The SMILES string of the molecule is CCN(CC)CC(C)C(O)(Cc1ccccc1)c1ccc(Cl)cc1.Cl. The van der Waals surface area contributed by atoms with E-state index in [0.717, 1.165) is 30.8 Å². The fourth-order valence-electron chi connectivity index (χ4n) is 3.23. The average Bonchev–Trinajstić information content (AvgIpc) is 2.60. The molecule has 0 amide bonds. The molecule has 1 N–H and O–H groups in total. The van der Waals surface area contributed by atoms with Crippen LogP contribution in [0.1, 0.15) is 31.9 Å². The van der Waals surface area contributed by atoms with E-state index < -0.39 is 5.60 Å². The first-order valence-electron chi connectivity index (χ1n) is 8.74. The Balaban J connectivity index is 0.00000312. The van der Waals surface area contributed by atoms with Crippen molar-refractivity contribution < 1.29 is 5.11 Å². The van der Waals surface area contributed by atoms with E-state index in [-0.39, 0.29) is 18.3 Å². The molecular weight excluding hydrogens is 353 g/mol. The van der Waals surface area contributed by atoms with E-state index in [1.807, 2.05) is 42.5 Å². The Morgan fingerprint density at radius 1 is 1.00 bits per heavy atom. The van der Waals surface area contributed by atoms with E-state index in [4.69, 9.17) is 11.6 Å². The number of halogens is 2. The van der Waals surface area contributed by atoms with Crippen molar-refractivity contribution in [1.29, 1.82) is 0 Å². The van der Waals surface area contributed by atoms with Gasteiger partial charge in [0.05, 0.1) is 5.60 Å². The van der Waals surface area contributed by atoms with Crippen molar-refractivity contribution in [3.63, 3.8) is 0 Å². The van der Waals surface area contributed by atoms with Gasteiger partial charge in [0.1, 0.15) is 0 Å². The molecule has 0 heterocycles. The molecule has 0 aliphatic rings. The second-order valence-electron chi connectivity index (χ2n) is 6.48. The molecule has 2 atom stereocenters. The highest BCUT2D eigenvalue weighted by molar-refractivity contribution is 6.30. The number of hydrogen-bond acceptors (Lipinski definition) is 2. The first kappa shape index (κ1) is 22.0. The monoisotopic (exact) mass is 381 g/mol. The van der Waals surface area contributed by atoms with Gasteiger partial charge in [0.2, 0.25) is 0 Å². The van der Waals surface area contributed by atoms with Crippen LogP contribution in [0.3, 0.4) is 0 Å². The van der Waals surface area contributed by atoms with Crippen molar-refractivity contribution in [2.75, 3.05) is 19.6 Å². The van der Waals surface area contributed by atoms with Gasteiger partial charge in [0, 0.05) is 23.9 Å². The molecular formula is C21H29Cl2NO. The van der Waals surface area contributed by atoms with Crippen LogP contribution in [0, 0.1) is 5.92 Å². The van der Waals surface area contributed by atoms with Crippen LogP contribution in [0.4, 0.5) is 0 Å². The van der Waals surface area contributed by atoms with Crippen LogP contribution in [-0.2, 0) is 12.0 Å². The number of aliphatic hydroxyl groups is 1. The fraction of sp³-hybridized carbons (Fsp3) is 0.429. The van der Waals surface area contributed by atoms with Gasteiger partial charge in [-0.1, -0.05) is 74.8 Å². The van der Waals surface area contributed by atoms with E-state index >= 15 is 0 Å². The Bertz CT molecular complexity index is 614. The maximum Gasteiger partial charge on any atom is 0.0974 e. The van der Waals surface area contributed by atoms with E-state index in [2.05, 4.69) is 37.8 Å². The molecule has 0 saturated carbocycles. The molecule has 0 aromatic heterocycles. The second kappa shape index (κ2) is 10.2.